The quantitative estimate of drug-likeness (QED) is 0.861. The number of hydrogen-bond acceptors (Lipinski definition) is 3. The van der Waals surface area contributed by atoms with Crippen molar-refractivity contribution in [2.24, 2.45) is 0 Å². The van der Waals surface area contributed by atoms with E-state index in [4.69, 9.17) is 0 Å². The Morgan fingerprint density at radius 2 is 1.70 bits per heavy atom. The zero-order valence-corrected chi connectivity index (χ0v) is 16.6. The lowest BCUT2D eigenvalue weighted by atomic mass is 9.95. The zero-order chi connectivity index (χ0) is 18.9. The van der Waals surface area contributed by atoms with E-state index < -0.39 is 10.0 Å². The SMILES string of the molecule is O=C(NC1CCCCC1)N1CCc2ccc(S(=O)(=O)N3CCCC3)cc2C1. The number of carbonyl (C=O) groups is 1. The molecular weight excluding hydrogens is 362 g/mol. The second-order valence-electron chi connectivity index (χ2n) is 8.00. The van der Waals surface area contributed by atoms with Gasteiger partial charge in [-0.25, -0.2) is 13.2 Å². The average molecular weight is 392 g/mol. The second-order valence-corrected chi connectivity index (χ2v) is 9.94. The molecule has 2 amide bonds. The third kappa shape index (κ3) is 3.99. The molecule has 0 aromatic heterocycles. The van der Waals surface area contributed by atoms with E-state index >= 15 is 0 Å². The van der Waals surface area contributed by atoms with Gasteiger partial charge in [-0.15, -0.1) is 0 Å². The Labute approximate surface area is 162 Å². The highest BCUT2D eigenvalue weighted by atomic mass is 32.2. The van der Waals surface area contributed by atoms with Gasteiger partial charge < -0.3 is 10.2 Å². The van der Waals surface area contributed by atoms with Crippen molar-refractivity contribution in [2.75, 3.05) is 19.6 Å². The number of rotatable bonds is 3. The molecule has 0 bridgehead atoms. The highest BCUT2D eigenvalue weighted by Gasteiger charge is 2.29. The first-order chi connectivity index (χ1) is 13.0. The lowest BCUT2D eigenvalue weighted by molar-refractivity contribution is 0.184. The number of urea groups is 1. The Kier molecular flexibility index (Phi) is 5.41. The van der Waals surface area contributed by atoms with E-state index in [0.29, 0.717) is 31.1 Å². The third-order valence-electron chi connectivity index (χ3n) is 6.11. The van der Waals surface area contributed by atoms with Crippen LogP contribution in [0.15, 0.2) is 23.1 Å². The fourth-order valence-corrected chi connectivity index (χ4v) is 6.03. The average Bonchev–Trinajstić information content (AvgIpc) is 3.23. The van der Waals surface area contributed by atoms with Crippen LogP contribution in [0.2, 0.25) is 0 Å². The number of fused-ring (bicyclic) bond motifs is 1. The molecule has 0 radical (unpaired) electrons. The highest BCUT2D eigenvalue weighted by Crippen LogP contribution is 2.26. The molecule has 6 nitrogen and oxygen atoms in total. The van der Waals surface area contributed by atoms with Crippen molar-refractivity contribution in [1.29, 1.82) is 0 Å². The van der Waals surface area contributed by atoms with Crippen LogP contribution in [0.25, 0.3) is 0 Å². The van der Waals surface area contributed by atoms with Crippen molar-refractivity contribution in [2.45, 2.75) is 68.8 Å². The number of benzene rings is 1. The van der Waals surface area contributed by atoms with Crippen molar-refractivity contribution in [3.63, 3.8) is 0 Å². The Balaban J connectivity index is 1.47. The van der Waals surface area contributed by atoms with E-state index in [1.165, 1.54) is 19.3 Å². The molecule has 1 aromatic rings. The zero-order valence-electron chi connectivity index (χ0n) is 15.8. The van der Waals surface area contributed by atoms with Crippen LogP contribution in [0, 0.1) is 0 Å². The summed E-state index contributed by atoms with van der Waals surface area (Å²) in [4.78, 5) is 14.8. The Morgan fingerprint density at radius 3 is 2.44 bits per heavy atom. The molecule has 0 unspecified atom stereocenters. The predicted molar refractivity (Wildman–Crippen MR) is 104 cm³/mol. The molecule has 1 aliphatic carbocycles. The molecular formula is C20H29N3O3S. The van der Waals surface area contributed by atoms with Gasteiger partial charge in [0.2, 0.25) is 10.0 Å². The maximum atomic E-state index is 12.8. The largest absolute Gasteiger partial charge is 0.335 e. The number of amides is 2. The summed E-state index contributed by atoms with van der Waals surface area (Å²) in [5.41, 5.74) is 2.11. The van der Waals surface area contributed by atoms with Crippen LogP contribution in [0.4, 0.5) is 4.79 Å². The minimum atomic E-state index is -3.42. The number of nitrogens with one attached hydrogen (secondary N) is 1. The summed E-state index contributed by atoms with van der Waals surface area (Å²) >= 11 is 0. The van der Waals surface area contributed by atoms with Gasteiger partial charge in [-0.2, -0.15) is 4.31 Å². The summed E-state index contributed by atoms with van der Waals surface area (Å²) in [5.74, 6) is 0. The minimum absolute atomic E-state index is 0.0136. The van der Waals surface area contributed by atoms with E-state index in [1.807, 2.05) is 11.0 Å². The van der Waals surface area contributed by atoms with Gasteiger partial charge in [-0.3, -0.25) is 0 Å². The molecule has 3 aliphatic rings. The van der Waals surface area contributed by atoms with Gasteiger partial charge in [0.1, 0.15) is 0 Å². The van der Waals surface area contributed by atoms with Gasteiger partial charge in [-0.1, -0.05) is 25.3 Å². The number of carbonyl (C=O) groups excluding carboxylic acids is 1. The fraction of sp³-hybridized carbons (Fsp3) is 0.650. The van der Waals surface area contributed by atoms with Crippen LogP contribution >= 0.6 is 0 Å². The maximum absolute atomic E-state index is 12.8. The van der Waals surface area contributed by atoms with Crippen LogP contribution in [0.5, 0.6) is 0 Å². The van der Waals surface area contributed by atoms with Gasteiger partial charge in [0.15, 0.2) is 0 Å². The molecule has 148 valence electrons. The molecule has 1 N–H and O–H groups in total. The first-order valence-corrected chi connectivity index (χ1v) is 11.7. The van der Waals surface area contributed by atoms with E-state index in [0.717, 1.165) is 43.2 Å². The summed E-state index contributed by atoms with van der Waals surface area (Å²) in [6.07, 6.45) is 8.40. The molecule has 1 aromatic carbocycles. The van der Waals surface area contributed by atoms with Gasteiger partial charge in [0, 0.05) is 32.2 Å². The van der Waals surface area contributed by atoms with Crippen molar-refractivity contribution in [3.05, 3.63) is 29.3 Å². The lowest BCUT2D eigenvalue weighted by Gasteiger charge is -2.32. The lowest BCUT2D eigenvalue weighted by Crippen LogP contribution is -2.47. The monoisotopic (exact) mass is 391 g/mol. The van der Waals surface area contributed by atoms with E-state index in [2.05, 4.69) is 5.32 Å². The molecule has 2 heterocycles. The van der Waals surface area contributed by atoms with Crippen LogP contribution in [-0.2, 0) is 23.0 Å². The molecule has 2 fully saturated rings. The predicted octanol–water partition coefficient (Wildman–Crippen LogP) is 2.87. The van der Waals surface area contributed by atoms with Crippen molar-refractivity contribution >= 4 is 16.1 Å². The van der Waals surface area contributed by atoms with Crippen molar-refractivity contribution in [1.82, 2.24) is 14.5 Å². The van der Waals surface area contributed by atoms with E-state index in [1.54, 1.807) is 16.4 Å². The third-order valence-corrected chi connectivity index (χ3v) is 8.01. The van der Waals surface area contributed by atoms with Crippen molar-refractivity contribution < 1.29 is 13.2 Å². The van der Waals surface area contributed by atoms with Gasteiger partial charge in [-0.05, 0) is 55.4 Å². The molecule has 7 heteroatoms. The highest BCUT2D eigenvalue weighted by molar-refractivity contribution is 7.89. The molecule has 0 spiro atoms. The number of sulfonamides is 1. The fourth-order valence-electron chi connectivity index (χ4n) is 4.46. The molecule has 27 heavy (non-hydrogen) atoms. The second kappa shape index (κ2) is 7.80. The Morgan fingerprint density at radius 1 is 0.963 bits per heavy atom. The topological polar surface area (TPSA) is 69.7 Å². The minimum Gasteiger partial charge on any atom is -0.335 e. The van der Waals surface area contributed by atoms with E-state index in [9.17, 15) is 13.2 Å². The maximum Gasteiger partial charge on any atom is 0.317 e. The molecule has 1 saturated heterocycles. The number of nitrogens with zero attached hydrogens (tertiary/aromatic N) is 2. The molecule has 1 saturated carbocycles. The van der Waals surface area contributed by atoms with E-state index in [-0.39, 0.29) is 12.1 Å². The van der Waals surface area contributed by atoms with Crippen LogP contribution in [0.3, 0.4) is 0 Å². The molecule has 4 rings (SSSR count). The summed E-state index contributed by atoms with van der Waals surface area (Å²) in [5, 5.41) is 3.17. The Hall–Kier alpha value is -1.60. The summed E-state index contributed by atoms with van der Waals surface area (Å²) in [6.45, 7) is 2.38. The van der Waals surface area contributed by atoms with Gasteiger partial charge in [0.25, 0.3) is 0 Å². The normalized spacial score (nSPS) is 21.9. The first kappa shape index (κ1) is 18.7. The standard InChI is InChI=1S/C20H29N3O3S/c24-20(21-18-6-2-1-3-7-18)22-13-10-16-8-9-19(14-17(16)15-22)27(25,26)23-11-4-5-12-23/h8-9,14,18H,1-7,10-13,15H2,(H,21,24). The Bertz CT molecular complexity index is 797. The van der Waals surface area contributed by atoms with Gasteiger partial charge in [0.05, 0.1) is 4.90 Å². The van der Waals surface area contributed by atoms with Crippen molar-refractivity contribution in [3.8, 4) is 0 Å². The first-order valence-electron chi connectivity index (χ1n) is 10.2. The summed E-state index contributed by atoms with van der Waals surface area (Å²) in [6, 6.07) is 5.71. The van der Waals surface area contributed by atoms with Gasteiger partial charge >= 0.3 is 6.03 Å². The molecule has 0 atom stereocenters. The van der Waals surface area contributed by atoms with Crippen LogP contribution in [0.1, 0.15) is 56.1 Å². The van der Waals surface area contributed by atoms with Crippen LogP contribution < -0.4 is 5.32 Å². The van der Waals surface area contributed by atoms with Crippen LogP contribution in [-0.4, -0.2) is 49.3 Å². The molecule has 2 aliphatic heterocycles. The smallest absolute Gasteiger partial charge is 0.317 e. The number of hydrogen-bond donors (Lipinski definition) is 1. The summed E-state index contributed by atoms with van der Waals surface area (Å²) in [7, 11) is -3.42. The summed E-state index contributed by atoms with van der Waals surface area (Å²) < 4.78 is 27.2.